The van der Waals surface area contributed by atoms with Gasteiger partial charge >= 0.3 is 0 Å². The molecule has 118 valence electrons. The van der Waals surface area contributed by atoms with Crippen molar-refractivity contribution < 1.29 is 19.3 Å². The number of aliphatic hydroxyl groups excluding tert-OH is 1. The van der Waals surface area contributed by atoms with E-state index in [-0.39, 0.29) is 29.6 Å². The standard InChI is InChI=1S/C16H25NO4/c1-15(2,3)19-9-10-6-12(11(7-17)8-18)14-13(10)20-16(4,5)21-14/h8,10,12-14,18H,6,9H2,1-5H3/b11-8+/t10-,12+,13-,14+/m1/s1. The monoisotopic (exact) mass is 295 g/mol. The van der Waals surface area contributed by atoms with Crippen LogP contribution in [0.3, 0.4) is 0 Å². The zero-order chi connectivity index (χ0) is 15.8. The molecular formula is C16H25NO4. The number of nitrogens with zero attached hydrogens (tertiary/aromatic N) is 1. The van der Waals surface area contributed by atoms with Crippen LogP contribution < -0.4 is 0 Å². The number of rotatable bonds is 3. The highest BCUT2D eigenvalue weighted by atomic mass is 16.8. The molecule has 0 aromatic heterocycles. The van der Waals surface area contributed by atoms with Gasteiger partial charge in [-0.1, -0.05) is 0 Å². The highest BCUT2D eigenvalue weighted by Crippen LogP contribution is 2.47. The summed E-state index contributed by atoms with van der Waals surface area (Å²) >= 11 is 0. The number of nitriles is 1. The molecule has 0 spiro atoms. The van der Waals surface area contributed by atoms with Gasteiger partial charge in [-0.3, -0.25) is 0 Å². The Balaban J connectivity index is 2.16. The Kier molecular flexibility index (Phi) is 4.34. The van der Waals surface area contributed by atoms with Crippen LogP contribution in [0.25, 0.3) is 0 Å². The second kappa shape index (κ2) is 5.60. The first-order valence-corrected chi connectivity index (χ1v) is 7.41. The zero-order valence-corrected chi connectivity index (χ0v) is 13.4. The fourth-order valence-corrected chi connectivity index (χ4v) is 3.12. The fraction of sp³-hybridized carbons (Fsp3) is 0.812. The van der Waals surface area contributed by atoms with E-state index in [2.05, 4.69) is 6.07 Å². The summed E-state index contributed by atoms with van der Waals surface area (Å²) in [6.45, 7) is 10.4. The lowest BCUT2D eigenvalue weighted by Gasteiger charge is -2.26. The van der Waals surface area contributed by atoms with Gasteiger partial charge in [0.2, 0.25) is 0 Å². The highest BCUT2D eigenvalue weighted by molar-refractivity contribution is 5.26. The molecule has 1 aliphatic heterocycles. The lowest BCUT2D eigenvalue weighted by Crippen LogP contribution is -2.31. The van der Waals surface area contributed by atoms with E-state index in [9.17, 15) is 10.4 Å². The maximum Gasteiger partial charge on any atom is 0.163 e. The summed E-state index contributed by atoms with van der Waals surface area (Å²) in [5.41, 5.74) is 0.137. The maximum atomic E-state index is 9.27. The normalized spacial score (nSPS) is 35.5. The van der Waals surface area contributed by atoms with Gasteiger partial charge in [-0.05, 0) is 41.0 Å². The molecule has 2 fully saturated rings. The third kappa shape index (κ3) is 3.57. The molecule has 2 rings (SSSR count). The minimum atomic E-state index is -0.663. The number of aliphatic hydroxyl groups is 1. The van der Waals surface area contributed by atoms with Crippen LogP contribution in [0.5, 0.6) is 0 Å². The van der Waals surface area contributed by atoms with Crippen molar-refractivity contribution in [2.75, 3.05) is 6.61 Å². The van der Waals surface area contributed by atoms with Gasteiger partial charge in [0.25, 0.3) is 0 Å². The molecule has 5 nitrogen and oxygen atoms in total. The summed E-state index contributed by atoms with van der Waals surface area (Å²) in [4.78, 5) is 0. The SMILES string of the molecule is CC(C)(C)OC[C@H]1C[C@@H](/C(C#N)=C/O)[C@@H]2OC(C)(C)O[C@H]12. The van der Waals surface area contributed by atoms with E-state index in [0.29, 0.717) is 12.2 Å². The number of fused-ring (bicyclic) bond motifs is 1. The first kappa shape index (κ1) is 16.3. The zero-order valence-electron chi connectivity index (χ0n) is 13.4. The smallest absolute Gasteiger partial charge is 0.163 e. The third-order valence-corrected chi connectivity index (χ3v) is 3.98. The van der Waals surface area contributed by atoms with E-state index >= 15 is 0 Å². The van der Waals surface area contributed by atoms with Crippen LogP contribution in [-0.4, -0.2) is 35.3 Å². The van der Waals surface area contributed by atoms with Gasteiger partial charge in [0.05, 0.1) is 42.3 Å². The summed E-state index contributed by atoms with van der Waals surface area (Å²) < 4.78 is 17.8. The number of ether oxygens (including phenoxy) is 3. The average molecular weight is 295 g/mol. The van der Waals surface area contributed by atoms with E-state index in [0.717, 1.165) is 12.7 Å². The van der Waals surface area contributed by atoms with Gasteiger partial charge < -0.3 is 19.3 Å². The summed E-state index contributed by atoms with van der Waals surface area (Å²) in [5, 5.41) is 18.4. The minimum absolute atomic E-state index is 0.101. The van der Waals surface area contributed by atoms with Crippen molar-refractivity contribution in [1.29, 1.82) is 5.26 Å². The van der Waals surface area contributed by atoms with E-state index in [1.807, 2.05) is 34.6 Å². The topological polar surface area (TPSA) is 71.7 Å². The Morgan fingerprint density at radius 1 is 1.38 bits per heavy atom. The van der Waals surface area contributed by atoms with Gasteiger partial charge in [-0.15, -0.1) is 0 Å². The molecular weight excluding hydrogens is 270 g/mol. The molecule has 1 aliphatic carbocycles. The van der Waals surface area contributed by atoms with Crippen LogP contribution in [-0.2, 0) is 14.2 Å². The summed E-state index contributed by atoms with van der Waals surface area (Å²) in [6.07, 6.45) is 1.31. The average Bonchev–Trinajstić information content (AvgIpc) is 2.82. The largest absolute Gasteiger partial charge is 0.515 e. The molecule has 5 heteroatoms. The van der Waals surface area contributed by atoms with Crippen molar-refractivity contribution in [1.82, 2.24) is 0 Å². The lowest BCUT2D eigenvalue weighted by atomic mass is 9.96. The molecule has 0 radical (unpaired) electrons. The fourth-order valence-electron chi connectivity index (χ4n) is 3.12. The van der Waals surface area contributed by atoms with Crippen molar-refractivity contribution in [2.45, 2.75) is 64.6 Å². The van der Waals surface area contributed by atoms with Gasteiger partial charge in [0.1, 0.15) is 0 Å². The predicted octanol–water partition coefficient (Wildman–Crippen LogP) is 2.92. The van der Waals surface area contributed by atoms with E-state index in [1.165, 1.54) is 0 Å². The molecule has 0 aromatic rings. The van der Waals surface area contributed by atoms with Crippen LogP contribution in [0.1, 0.15) is 41.0 Å². The first-order valence-electron chi connectivity index (χ1n) is 7.41. The van der Waals surface area contributed by atoms with Crippen LogP contribution in [0.4, 0.5) is 0 Å². The summed E-state index contributed by atoms with van der Waals surface area (Å²) in [7, 11) is 0. The molecule has 0 aromatic carbocycles. The molecule has 0 amide bonds. The van der Waals surface area contributed by atoms with Crippen LogP contribution in [0, 0.1) is 23.2 Å². The minimum Gasteiger partial charge on any atom is -0.515 e. The first-order chi connectivity index (χ1) is 9.67. The Bertz CT molecular complexity index is 458. The molecule has 0 bridgehead atoms. The molecule has 1 N–H and O–H groups in total. The van der Waals surface area contributed by atoms with Crippen LogP contribution in [0.15, 0.2) is 11.8 Å². The van der Waals surface area contributed by atoms with Crippen LogP contribution >= 0.6 is 0 Å². The van der Waals surface area contributed by atoms with Crippen molar-refractivity contribution >= 4 is 0 Å². The van der Waals surface area contributed by atoms with E-state index < -0.39 is 5.79 Å². The van der Waals surface area contributed by atoms with Crippen molar-refractivity contribution in [3.8, 4) is 6.07 Å². The van der Waals surface area contributed by atoms with Crippen molar-refractivity contribution in [2.24, 2.45) is 11.8 Å². The maximum absolute atomic E-state index is 9.27. The molecule has 21 heavy (non-hydrogen) atoms. The number of hydrogen-bond donors (Lipinski definition) is 1. The van der Waals surface area contributed by atoms with E-state index in [1.54, 1.807) is 0 Å². The Morgan fingerprint density at radius 3 is 2.52 bits per heavy atom. The molecule has 1 saturated carbocycles. The molecule has 1 saturated heterocycles. The van der Waals surface area contributed by atoms with Gasteiger partial charge in [-0.2, -0.15) is 5.26 Å². The van der Waals surface area contributed by atoms with Crippen LogP contribution in [0.2, 0.25) is 0 Å². The Morgan fingerprint density at radius 2 is 2.00 bits per heavy atom. The van der Waals surface area contributed by atoms with Gasteiger partial charge in [0.15, 0.2) is 5.79 Å². The molecule has 0 unspecified atom stereocenters. The quantitative estimate of drug-likeness (QED) is 0.640. The molecule has 1 heterocycles. The Labute approximate surface area is 126 Å². The van der Waals surface area contributed by atoms with Gasteiger partial charge in [0, 0.05) is 11.8 Å². The van der Waals surface area contributed by atoms with Crippen molar-refractivity contribution in [3.05, 3.63) is 11.8 Å². The second-order valence-corrected chi connectivity index (χ2v) is 7.29. The van der Waals surface area contributed by atoms with Crippen molar-refractivity contribution in [3.63, 3.8) is 0 Å². The molecule has 2 aliphatic rings. The van der Waals surface area contributed by atoms with Gasteiger partial charge in [-0.25, -0.2) is 0 Å². The third-order valence-electron chi connectivity index (χ3n) is 3.98. The lowest BCUT2D eigenvalue weighted by molar-refractivity contribution is -0.164. The summed E-state index contributed by atoms with van der Waals surface area (Å²) in [6, 6.07) is 2.06. The predicted molar refractivity (Wildman–Crippen MR) is 77.5 cm³/mol. The molecule has 4 atom stereocenters. The highest BCUT2D eigenvalue weighted by Gasteiger charge is 2.55. The second-order valence-electron chi connectivity index (χ2n) is 7.29. The van der Waals surface area contributed by atoms with E-state index in [4.69, 9.17) is 14.2 Å². The summed E-state index contributed by atoms with van der Waals surface area (Å²) in [5.74, 6) is -0.645. The Hall–Kier alpha value is -1.09. The number of hydrogen-bond acceptors (Lipinski definition) is 5.